The zero-order valence-electron chi connectivity index (χ0n) is 13.1. The van der Waals surface area contributed by atoms with Gasteiger partial charge in [-0.3, -0.25) is 0 Å². The molecule has 0 spiro atoms. The molecule has 1 N–H and O–H groups in total. The summed E-state index contributed by atoms with van der Waals surface area (Å²) in [6.45, 7) is 5.81. The second-order valence-corrected chi connectivity index (χ2v) is 5.02. The van der Waals surface area contributed by atoms with E-state index in [-0.39, 0.29) is 12.3 Å². The third kappa shape index (κ3) is 2.73. The highest BCUT2D eigenvalue weighted by atomic mass is 16.5. The summed E-state index contributed by atoms with van der Waals surface area (Å²) in [4.78, 5) is 11.9. The Morgan fingerprint density at radius 2 is 1.87 bits per heavy atom. The van der Waals surface area contributed by atoms with E-state index < -0.39 is 5.97 Å². The van der Waals surface area contributed by atoms with Gasteiger partial charge in [-0.1, -0.05) is 29.4 Å². The van der Waals surface area contributed by atoms with Crippen molar-refractivity contribution in [2.45, 2.75) is 20.8 Å². The number of ether oxygens (including phenoxy) is 1. The van der Waals surface area contributed by atoms with Crippen molar-refractivity contribution in [3.8, 4) is 22.4 Å². The summed E-state index contributed by atoms with van der Waals surface area (Å²) in [6.07, 6.45) is 0. The van der Waals surface area contributed by atoms with Crippen molar-refractivity contribution < 1.29 is 14.1 Å². The van der Waals surface area contributed by atoms with E-state index in [4.69, 9.17) is 9.26 Å². The van der Waals surface area contributed by atoms with Gasteiger partial charge in [0.2, 0.25) is 0 Å². The number of nitrogens with zero attached hydrogens (tertiary/aromatic N) is 3. The van der Waals surface area contributed by atoms with Gasteiger partial charge in [-0.05, 0) is 26.3 Å². The van der Waals surface area contributed by atoms with Crippen LogP contribution in [0.4, 0.5) is 0 Å². The third-order valence-electron chi connectivity index (χ3n) is 3.50. The van der Waals surface area contributed by atoms with Crippen LogP contribution in [0.25, 0.3) is 22.4 Å². The molecule has 0 radical (unpaired) electrons. The summed E-state index contributed by atoms with van der Waals surface area (Å²) < 4.78 is 10.2. The van der Waals surface area contributed by atoms with Gasteiger partial charge in [0, 0.05) is 11.1 Å². The lowest BCUT2D eigenvalue weighted by atomic mass is 10.0. The maximum Gasteiger partial charge on any atom is 0.361 e. The number of hydrogen-bond donors (Lipinski definition) is 1. The summed E-state index contributed by atoms with van der Waals surface area (Å²) in [5.41, 5.74) is 4.22. The van der Waals surface area contributed by atoms with Gasteiger partial charge in [0.15, 0.2) is 5.69 Å². The molecule has 0 atom stereocenters. The highest BCUT2D eigenvalue weighted by Gasteiger charge is 2.19. The first-order valence-corrected chi connectivity index (χ1v) is 7.23. The van der Waals surface area contributed by atoms with Crippen molar-refractivity contribution in [3.05, 3.63) is 41.4 Å². The van der Waals surface area contributed by atoms with Crippen molar-refractivity contribution >= 4 is 5.97 Å². The van der Waals surface area contributed by atoms with Crippen LogP contribution >= 0.6 is 0 Å². The number of hydrogen-bond acceptors (Lipinski definition) is 6. The Bertz CT molecular complexity index is 814. The highest BCUT2D eigenvalue weighted by Crippen LogP contribution is 2.29. The first-order valence-electron chi connectivity index (χ1n) is 7.23. The van der Waals surface area contributed by atoms with Crippen molar-refractivity contribution in [3.63, 3.8) is 0 Å². The lowest BCUT2D eigenvalue weighted by molar-refractivity contribution is 0.0520. The van der Waals surface area contributed by atoms with Gasteiger partial charge >= 0.3 is 5.97 Å². The molecule has 1 aromatic carbocycles. The molecule has 23 heavy (non-hydrogen) atoms. The Morgan fingerprint density at radius 1 is 1.17 bits per heavy atom. The number of nitrogens with one attached hydrogen (secondary N) is 1. The Morgan fingerprint density at radius 3 is 2.48 bits per heavy atom. The Kier molecular flexibility index (Phi) is 3.92. The number of esters is 1. The number of carbonyl (C=O) groups is 1. The average Bonchev–Trinajstić information content (AvgIpc) is 3.15. The van der Waals surface area contributed by atoms with Crippen LogP contribution in [0.3, 0.4) is 0 Å². The molecule has 2 aromatic heterocycles. The summed E-state index contributed by atoms with van der Waals surface area (Å²) >= 11 is 0. The molecule has 0 fully saturated rings. The Balaban J connectivity index is 1.95. The highest BCUT2D eigenvalue weighted by molar-refractivity contribution is 5.94. The monoisotopic (exact) mass is 312 g/mol. The van der Waals surface area contributed by atoms with E-state index >= 15 is 0 Å². The number of carbonyl (C=O) groups excluding carboxylic acids is 1. The van der Waals surface area contributed by atoms with Crippen LogP contribution in [0.15, 0.2) is 28.8 Å². The lowest BCUT2D eigenvalue weighted by Crippen LogP contribution is -2.06. The van der Waals surface area contributed by atoms with E-state index in [1.165, 1.54) is 0 Å². The van der Waals surface area contributed by atoms with Crippen LogP contribution in [0, 0.1) is 13.8 Å². The number of H-pyrrole nitrogens is 1. The van der Waals surface area contributed by atoms with Crippen molar-refractivity contribution in [1.29, 1.82) is 0 Å². The number of benzene rings is 1. The summed E-state index contributed by atoms with van der Waals surface area (Å²) in [5, 5.41) is 14.4. The van der Waals surface area contributed by atoms with Gasteiger partial charge < -0.3 is 9.26 Å². The molecule has 0 aliphatic carbocycles. The zero-order valence-corrected chi connectivity index (χ0v) is 13.1. The fourth-order valence-electron chi connectivity index (χ4n) is 2.46. The molecule has 118 valence electrons. The van der Waals surface area contributed by atoms with Crippen molar-refractivity contribution in [1.82, 2.24) is 20.6 Å². The first-order chi connectivity index (χ1) is 11.1. The van der Waals surface area contributed by atoms with E-state index in [0.717, 1.165) is 28.1 Å². The maximum absolute atomic E-state index is 11.9. The molecule has 3 rings (SSSR count). The van der Waals surface area contributed by atoms with E-state index in [2.05, 4.69) is 20.6 Å². The summed E-state index contributed by atoms with van der Waals surface area (Å²) in [5.74, 6) is 0.273. The predicted octanol–water partition coefficient (Wildman–Crippen LogP) is 2.92. The molecule has 0 unspecified atom stereocenters. The van der Waals surface area contributed by atoms with Crippen LogP contribution in [-0.4, -0.2) is 33.1 Å². The topological polar surface area (TPSA) is 93.9 Å². The molecular weight excluding hydrogens is 296 g/mol. The fourth-order valence-corrected chi connectivity index (χ4v) is 2.46. The second kappa shape index (κ2) is 6.04. The van der Waals surface area contributed by atoms with Crippen LogP contribution in [-0.2, 0) is 4.74 Å². The van der Waals surface area contributed by atoms with Gasteiger partial charge in [0.05, 0.1) is 12.3 Å². The lowest BCUT2D eigenvalue weighted by Gasteiger charge is -2.04. The summed E-state index contributed by atoms with van der Waals surface area (Å²) in [6, 6.07) is 7.63. The molecule has 0 bridgehead atoms. The predicted molar refractivity (Wildman–Crippen MR) is 82.7 cm³/mol. The van der Waals surface area contributed by atoms with Gasteiger partial charge in [-0.15, -0.1) is 5.10 Å². The quantitative estimate of drug-likeness (QED) is 0.744. The minimum absolute atomic E-state index is 0.178. The van der Waals surface area contributed by atoms with Gasteiger partial charge in [0.1, 0.15) is 11.5 Å². The van der Waals surface area contributed by atoms with Crippen molar-refractivity contribution in [2.75, 3.05) is 6.61 Å². The van der Waals surface area contributed by atoms with Crippen LogP contribution in [0.1, 0.15) is 28.9 Å². The van der Waals surface area contributed by atoms with E-state index in [1.807, 2.05) is 38.1 Å². The molecule has 2 heterocycles. The van der Waals surface area contributed by atoms with Crippen LogP contribution in [0.2, 0.25) is 0 Å². The van der Waals surface area contributed by atoms with Crippen LogP contribution in [0.5, 0.6) is 0 Å². The van der Waals surface area contributed by atoms with E-state index in [9.17, 15) is 4.79 Å². The number of aryl methyl sites for hydroxylation is 2. The standard InChI is InChI=1S/C16H16N4O3/c1-4-22-16(21)15-14(17-20-18-15)12-7-5-11(6-8-12)13-9(2)19-23-10(13)3/h5-8H,4H2,1-3H3,(H,17,18,20). The van der Waals surface area contributed by atoms with Gasteiger partial charge in [-0.25, -0.2) is 4.79 Å². The molecule has 0 saturated carbocycles. The molecular formula is C16H16N4O3. The zero-order chi connectivity index (χ0) is 16.4. The third-order valence-corrected chi connectivity index (χ3v) is 3.50. The SMILES string of the molecule is CCOC(=O)c1n[nH]nc1-c1ccc(-c2c(C)noc2C)cc1. The molecule has 0 saturated heterocycles. The van der Waals surface area contributed by atoms with Gasteiger partial charge in [-0.2, -0.15) is 10.3 Å². The maximum atomic E-state index is 11.9. The first kappa shape index (κ1) is 15.0. The second-order valence-electron chi connectivity index (χ2n) is 5.02. The van der Waals surface area contributed by atoms with E-state index in [1.54, 1.807) is 6.92 Å². The fraction of sp³-hybridized carbons (Fsp3) is 0.250. The molecule has 0 amide bonds. The smallest absolute Gasteiger partial charge is 0.361 e. The molecule has 7 nitrogen and oxygen atoms in total. The number of aromatic nitrogens is 4. The van der Waals surface area contributed by atoms with Crippen molar-refractivity contribution in [2.24, 2.45) is 0 Å². The van der Waals surface area contributed by atoms with Crippen LogP contribution < -0.4 is 0 Å². The Labute approximate surface area is 132 Å². The minimum Gasteiger partial charge on any atom is -0.461 e. The number of aromatic amines is 1. The minimum atomic E-state index is -0.494. The molecule has 7 heteroatoms. The summed E-state index contributed by atoms with van der Waals surface area (Å²) in [7, 11) is 0. The molecule has 0 aliphatic heterocycles. The molecule has 0 aliphatic rings. The molecule has 3 aromatic rings. The number of rotatable bonds is 4. The largest absolute Gasteiger partial charge is 0.461 e. The van der Waals surface area contributed by atoms with Gasteiger partial charge in [0.25, 0.3) is 0 Å². The Hall–Kier alpha value is -2.96. The van der Waals surface area contributed by atoms with E-state index in [0.29, 0.717) is 5.69 Å². The average molecular weight is 312 g/mol. The normalized spacial score (nSPS) is 10.7.